The number of phenols is 1. The van der Waals surface area contributed by atoms with Crippen molar-refractivity contribution in [2.24, 2.45) is 0 Å². The maximum Gasteiger partial charge on any atom is 0.251 e. The first-order valence-electron chi connectivity index (χ1n) is 12.7. The minimum Gasteiger partial charge on any atom is -0.508 e. The van der Waals surface area contributed by atoms with Gasteiger partial charge in [0, 0.05) is 18.3 Å². The van der Waals surface area contributed by atoms with E-state index in [0.29, 0.717) is 28.6 Å². The van der Waals surface area contributed by atoms with Crippen molar-refractivity contribution in [3.8, 4) is 28.0 Å². The molecule has 12 heteroatoms. The van der Waals surface area contributed by atoms with Crippen LogP contribution in [0.4, 0.5) is 5.69 Å². The van der Waals surface area contributed by atoms with Crippen molar-refractivity contribution in [2.45, 2.75) is 19.1 Å². The van der Waals surface area contributed by atoms with Gasteiger partial charge in [0.1, 0.15) is 18.3 Å². The number of hydrogen-bond donors (Lipinski definition) is 2. The minimum absolute atomic E-state index is 0.0334. The number of aromatic nitrogens is 4. The number of thiophene rings is 1. The van der Waals surface area contributed by atoms with Crippen molar-refractivity contribution < 1.29 is 24.2 Å². The lowest BCUT2D eigenvalue weighted by Crippen LogP contribution is -2.45. The zero-order valence-electron chi connectivity index (χ0n) is 21.6. The second kappa shape index (κ2) is 11.5. The first-order valence-corrected chi connectivity index (χ1v) is 13.6. The fourth-order valence-electron chi connectivity index (χ4n) is 4.44. The number of amides is 2. The van der Waals surface area contributed by atoms with Gasteiger partial charge in [-0.15, -0.1) is 21.5 Å². The summed E-state index contributed by atoms with van der Waals surface area (Å²) in [6, 6.07) is 23.3. The van der Waals surface area contributed by atoms with E-state index in [-0.39, 0.29) is 25.6 Å². The van der Waals surface area contributed by atoms with Gasteiger partial charge in [-0.25, -0.2) is 0 Å². The quantitative estimate of drug-likeness (QED) is 0.274. The molecule has 1 atom stereocenters. The van der Waals surface area contributed by atoms with E-state index in [1.165, 1.54) is 33.2 Å². The lowest BCUT2D eigenvalue weighted by molar-refractivity contribution is -0.127. The Bertz CT molecular complexity index is 1660. The summed E-state index contributed by atoms with van der Waals surface area (Å²) >= 11 is 1.46. The molecule has 2 amide bonds. The summed E-state index contributed by atoms with van der Waals surface area (Å²) in [5, 5.41) is 27.3. The van der Waals surface area contributed by atoms with Crippen molar-refractivity contribution in [1.82, 2.24) is 25.5 Å². The lowest BCUT2D eigenvalue weighted by Gasteiger charge is -2.31. The molecule has 2 aromatic heterocycles. The minimum atomic E-state index is -1.10. The van der Waals surface area contributed by atoms with Crippen LogP contribution in [-0.4, -0.2) is 43.9 Å². The van der Waals surface area contributed by atoms with Gasteiger partial charge in [-0.2, -0.15) is 4.80 Å². The predicted molar refractivity (Wildman–Crippen MR) is 150 cm³/mol. The summed E-state index contributed by atoms with van der Waals surface area (Å²) in [6.07, 6.45) is 0. The molecule has 206 valence electrons. The number of hydrogen-bond acceptors (Lipinski definition) is 9. The van der Waals surface area contributed by atoms with Crippen LogP contribution in [0.15, 0.2) is 90.3 Å². The summed E-state index contributed by atoms with van der Waals surface area (Å²) in [7, 11) is 0. The Morgan fingerprint density at radius 1 is 1.00 bits per heavy atom. The number of benzene rings is 3. The number of phenolic OH excluding ortho intramolecular Hbond substituents is 1. The molecule has 0 aliphatic carbocycles. The van der Waals surface area contributed by atoms with Gasteiger partial charge in [-0.1, -0.05) is 48.5 Å². The molecule has 0 radical (unpaired) electrons. The average Bonchev–Trinajstić information content (AvgIpc) is 3.78. The Kier molecular flexibility index (Phi) is 7.28. The van der Waals surface area contributed by atoms with Crippen molar-refractivity contribution >= 4 is 28.8 Å². The molecule has 3 aromatic carbocycles. The van der Waals surface area contributed by atoms with E-state index in [9.17, 15) is 14.7 Å². The maximum atomic E-state index is 14.1. The van der Waals surface area contributed by atoms with Gasteiger partial charge >= 0.3 is 0 Å². The van der Waals surface area contributed by atoms with E-state index in [0.717, 1.165) is 10.4 Å². The van der Waals surface area contributed by atoms with Crippen molar-refractivity contribution in [3.05, 3.63) is 101 Å². The van der Waals surface area contributed by atoms with Crippen LogP contribution in [0.25, 0.3) is 10.7 Å². The third kappa shape index (κ3) is 5.72. The monoisotopic (exact) mass is 568 g/mol. The summed E-state index contributed by atoms with van der Waals surface area (Å²) in [6.45, 7) is 0.0274. The zero-order chi connectivity index (χ0) is 28.2. The molecule has 0 saturated heterocycles. The molecular formula is C29H24N6O5S. The summed E-state index contributed by atoms with van der Waals surface area (Å²) < 4.78 is 11.0. The highest BCUT2D eigenvalue weighted by atomic mass is 32.1. The number of nitrogens with zero attached hydrogens (tertiary/aromatic N) is 5. The summed E-state index contributed by atoms with van der Waals surface area (Å²) in [5.74, 6) is 0.537. The third-order valence-electron chi connectivity index (χ3n) is 6.40. The standard InChI is InChI=1S/C29H24N6O5S/c36-22-11-8-20(9-12-22)27(29(38)30-16-19-5-2-1-3-6-19)35(21-10-13-23-24(15-21)40-18-39-23)26(37)17-34-32-28(31-33-34)25-7-4-14-41-25/h1-15,27,36H,16-18H2,(H,30,38)/t27-/m0/s1. The summed E-state index contributed by atoms with van der Waals surface area (Å²) in [5.41, 5.74) is 1.80. The molecule has 6 rings (SSSR count). The third-order valence-corrected chi connectivity index (χ3v) is 7.26. The van der Waals surface area contributed by atoms with Crippen LogP contribution in [0.5, 0.6) is 17.2 Å². The summed E-state index contributed by atoms with van der Waals surface area (Å²) in [4.78, 5) is 31.4. The number of ether oxygens (including phenoxy) is 2. The molecule has 1 aliphatic heterocycles. The van der Waals surface area contributed by atoms with Crippen molar-refractivity contribution in [1.29, 1.82) is 0 Å². The molecule has 0 bridgehead atoms. The number of rotatable bonds is 9. The van der Waals surface area contributed by atoms with Gasteiger partial charge in [0.25, 0.3) is 5.91 Å². The first-order chi connectivity index (χ1) is 20.0. The maximum absolute atomic E-state index is 14.1. The average molecular weight is 569 g/mol. The number of tetrazole rings is 1. The van der Waals surface area contributed by atoms with Gasteiger partial charge in [0.15, 0.2) is 11.5 Å². The van der Waals surface area contributed by atoms with Crippen LogP contribution < -0.4 is 19.7 Å². The Labute approximate surface area is 238 Å². The molecule has 2 N–H and O–H groups in total. The Morgan fingerprint density at radius 2 is 1.80 bits per heavy atom. The number of fused-ring (bicyclic) bond motifs is 1. The highest BCUT2D eigenvalue weighted by Crippen LogP contribution is 2.38. The number of nitrogens with one attached hydrogen (secondary N) is 1. The Morgan fingerprint density at radius 3 is 2.59 bits per heavy atom. The van der Waals surface area contributed by atoms with Crippen LogP contribution in [0.3, 0.4) is 0 Å². The highest BCUT2D eigenvalue weighted by Gasteiger charge is 2.34. The largest absolute Gasteiger partial charge is 0.508 e. The number of aromatic hydroxyl groups is 1. The van der Waals surface area contributed by atoms with Gasteiger partial charge in [-0.3, -0.25) is 14.5 Å². The molecule has 0 saturated carbocycles. The van der Waals surface area contributed by atoms with E-state index < -0.39 is 17.9 Å². The van der Waals surface area contributed by atoms with Crippen LogP contribution in [-0.2, 0) is 22.7 Å². The molecule has 3 heterocycles. The molecular weight excluding hydrogens is 544 g/mol. The molecule has 41 heavy (non-hydrogen) atoms. The van der Waals surface area contributed by atoms with Gasteiger partial charge in [0.2, 0.25) is 18.5 Å². The fraction of sp³-hybridized carbons (Fsp3) is 0.138. The van der Waals surface area contributed by atoms with Crippen molar-refractivity contribution in [2.75, 3.05) is 11.7 Å². The van der Waals surface area contributed by atoms with E-state index >= 15 is 0 Å². The van der Waals surface area contributed by atoms with E-state index in [2.05, 4.69) is 20.7 Å². The lowest BCUT2D eigenvalue weighted by atomic mass is 10.0. The van der Waals surface area contributed by atoms with Gasteiger partial charge < -0.3 is 19.9 Å². The zero-order valence-corrected chi connectivity index (χ0v) is 22.4. The molecule has 5 aromatic rings. The van der Waals surface area contributed by atoms with Crippen LogP contribution in [0.1, 0.15) is 17.2 Å². The van der Waals surface area contributed by atoms with Crippen LogP contribution >= 0.6 is 11.3 Å². The second-order valence-corrected chi connectivity index (χ2v) is 10.1. The number of carbonyl (C=O) groups excluding carboxylic acids is 2. The first kappa shape index (κ1) is 26.0. The van der Waals surface area contributed by atoms with Gasteiger partial charge in [0.05, 0.1) is 4.88 Å². The number of anilines is 1. The Balaban J connectivity index is 1.37. The van der Waals surface area contributed by atoms with Crippen LogP contribution in [0.2, 0.25) is 0 Å². The predicted octanol–water partition coefficient (Wildman–Crippen LogP) is 3.93. The molecule has 0 fully saturated rings. The molecule has 11 nitrogen and oxygen atoms in total. The van der Waals surface area contributed by atoms with E-state index in [4.69, 9.17) is 9.47 Å². The van der Waals surface area contributed by atoms with E-state index in [1.54, 1.807) is 30.3 Å². The normalized spacial score (nSPS) is 12.6. The smallest absolute Gasteiger partial charge is 0.251 e. The SMILES string of the molecule is O=C(NCc1ccccc1)[C@H](c1ccc(O)cc1)N(C(=O)Cn1nnc(-c2cccs2)n1)c1ccc2c(c1)OCO2. The fourth-order valence-corrected chi connectivity index (χ4v) is 5.09. The molecule has 0 unspecified atom stereocenters. The second-order valence-electron chi connectivity index (χ2n) is 9.12. The number of carbonyl (C=O) groups is 2. The highest BCUT2D eigenvalue weighted by molar-refractivity contribution is 7.13. The van der Waals surface area contributed by atoms with E-state index in [1.807, 2.05) is 47.8 Å². The topological polar surface area (TPSA) is 132 Å². The molecule has 1 aliphatic rings. The Hall–Kier alpha value is -5.23. The van der Waals surface area contributed by atoms with Crippen LogP contribution in [0, 0.1) is 0 Å². The van der Waals surface area contributed by atoms with Gasteiger partial charge in [-0.05, 0) is 52.1 Å². The molecule has 0 spiro atoms. The van der Waals surface area contributed by atoms with Crippen molar-refractivity contribution in [3.63, 3.8) is 0 Å².